The van der Waals surface area contributed by atoms with Gasteiger partial charge in [0.25, 0.3) is 0 Å². The maximum absolute atomic E-state index is 14.0. The van der Waals surface area contributed by atoms with Crippen LogP contribution in [0.25, 0.3) is 10.8 Å². The third kappa shape index (κ3) is 3.37. The third-order valence-corrected chi connectivity index (χ3v) is 8.11. The highest BCUT2D eigenvalue weighted by atomic mass is 35.5. The predicted molar refractivity (Wildman–Crippen MR) is 133 cm³/mol. The summed E-state index contributed by atoms with van der Waals surface area (Å²) in [7, 11) is 0. The van der Waals surface area contributed by atoms with Gasteiger partial charge in [0.1, 0.15) is 22.6 Å². The number of hydrogen-bond donors (Lipinski definition) is 1. The molecule has 0 saturated carbocycles. The van der Waals surface area contributed by atoms with Crippen molar-refractivity contribution in [3.8, 4) is 11.9 Å². The summed E-state index contributed by atoms with van der Waals surface area (Å²) >= 11 is 6.00. The van der Waals surface area contributed by atoms with E-state index < -0.39 is 41.0 Å². The summed E-state index contributed by atoms with van der Waals surface area (Å²) in [5.41, 5.74) is -1.84. The number of amides is 2. The molecule has 3 aliphatic heterocycles. The molecule has 9 nitrogen and oxygen atoms in total. The molecule has 10 heteroatoms. The minimum absolute atomic E-state index is 0.123. The van der Waals surface area contributed by atoms with Crippen molar-refractivity contribution in [1.29, 1.82) is 5.26 Å². The van der Waals surface area contributed by atoms with Crippen molar-refractivity contribution in [2.24, 2.45) is 11.8 Å². The standard InChI is InChI=1S/C27H23ClN4O5/c1-14-30-19(28)11-20(31-14)36-10-9-27-12-18(33)26(2,37-27)21-22(27)25(35)32(24(21)34)23-16(13-29)8-7-15-5-3-4-6-17(15)23/h3-8,11,18,21-22,33H,9-10,12H2,1-2H3. The average molecular weight is 519 g/mol. The first-order valence-corrected chi connectivity index (χ1v) is 12.4. The highest BCUT2D eigenvalue weighted by Crippen LogP contribution is 2.62. The number of nitrogens with zero attached hydrogens (tertiary/aromatic N) is 4. The van der Waals surface area contributed by atoms with Crippen LogP contribution in [0.2, 0.25) is 5.15 Å². The monoisotopic (exact) mass is 518 g/mol. The number of aliphatic hydroxyl groups excluding tert-OH is 1. The van der Waals surface area contributed by atoms with Gasteiger partial charge in [0.2, 0.25) is 17.7 Å². The second kappa shape index (κ2) is 8.21. The Bertz CT molecular complexity index is 1500. The van der Waals surface area contributed by atoms with Crippen LogP contribution >= 0.6 is 11.6 Å². The van der Waals surface area contributed by atoms with E-state index in [2.05, 4.69) is 16.0 Å². The number of carbonyl (C=O) groups excluding carboxylic acids is 2. The number of aromatic nitrogens is 2. The Morgan fingerprint density at radius 2 is 1.97 bits per heavy atom. The summed E-state index contributed by atoms with van der Waals surface area (Å²) in [6.45, 7) is 3.50. The first-order valence-electron chi connectivity index (χ1n) is 12.0. The molecule has 6 rings (SSSR count). The fourth-order valence-corrected chi connectivity index (χ4v) is 6.55. The first-order chi connectivity index (χ1) is 17.7. The van der Waals surface area contributed by atoms with Crippen LogP contribution in [0.15, 0.2) is 42.5 Å². The van der Waals surface area contributed by atoms with E-state index in [0.717, 1.165) is 10.3 Å². The minimum atomic E-state index is -1.24. The van der Waals surface area contributed by atoms with Gasteiger partial charge in [-0.15, -0.1) is 0 Å². The molecule has 5 atom stereocenters. The highest BCUT2D eigenvalue weighted by Gasteiger charge is 2.77. The maximum Gasteiger partial charge on any atom is 0.240 e. The van der Waals surface area contributed by atoms with Gasteiger partial charge in [-0.25, -0.2) is 9.88 Å². The second-order valence-electron chi connectivity index (χ2n) is 10.0. The van der Waals surface area contributed by atoms with Crippen LogP contribution in [-0.2, 0) is 14.3 Å². The molecule has 0 radical (unpaired) electrons. The van der Waals surface area contributed by atoms with Gasteiger partial charge in [-0.1, -0.05) is 41.9 Å². The van der Waals surface area contributed by atoms with Gasteiger partial charge in [-0.3, -0.25) is 9.59 Å². The second-order valence-corrected chi connectivity index (χ2v) is 10.4. The van der Waals surface area contributed by atoms with Crippen molar-refractivity contribution in [3.05, 3.63) is 59.0 Å². The Hall–Kier alpha value is -3.58. The van der Waals surface area contributed by atoms with E-state index in [-0.39, 0.29) is 41.7 Å². The highest BCUT2D eigenvalue weighted by molar-refractivity contribution is 6.29. The number of aryl methyl sites for hydroxylation is 1. The number of ether oxygens (including phenoxy) is 2. The van der Waals surface area contributed by atoms with Crippen LogP contribution in [-0.4, -0.2) is 50.8 Å². The number of hydrogen-bond acceptors (Lipinski definition) is 8. The summed E-state index contributed by atoms with van der Waals surface area (Å²) < 4.78 is 12.2. The zero-order valence-electron chi connectivity index (χ0n) is 20.1. The van der Waals surface area contributed by atoms with Crippen molar-refractivity contribution in [2.45, 2.75) is 44.0 Å². The summed E-state index contributed by atoms with van der Waals surface area (Å²) in [4.78, 5) is 37.3. The molecule has 3 fully saturated rings. The number of aliphatic hydroxyl groups is 1. The Labute approximate surface area is 217 Å². The van der Waals surface area contributed by atoms with Gasteiger partial charge in [-0.05, 0) is 25.3 Å². The molecule has 0 spiro atoms. The van der Waals surface area contributed by atoms with Crippen LogP contribution in [0.1, 0.15) is 31.2 Å². The lowest BCUT2D eigenvalue weighted by molar-refractivity contribution is -0.134. The van der Waals surface area contributed by atoms with Crippen molar-refractivity contribution in [3.63, 3.8) is 0 Å². The molecule has 5 unspecified atom stereocenters. The fourth-order valence-electron chi connectivity index (χ4n) is 6.34. The van der Waals surface area contributed by atoms with E-state index in [4.69, 9.17) is 21.1 Å². The molecule has 4 heterocycles. The van der Waals surface area contributed by atoms with Crippen molar-refractivity contribution in [2.75, 3.05) is 11.5 Å². The molecule has 2 bridgehead atoms. The molecule has 3 aromatic rings. The molecular weight excluding hydrogens is 496 g/mol. The molecule has 2 amide bonds. The summed E-state index contributed by atoms with van der Waals surface area (Å²) in [5.74, 6) is -1.86. The van der Waals surface area contributed by atoms with Gasteiger partial charge in [-0.2, -0.15) is 10.2 Å². The molecule has 3 aliphatic rings. The molecule has 188 valence electrons. The van der Waals surface area contributed by atoms with Crippen LogP contribution in [0.4, 0.5) is 5.69 Å². The van der Waals surface area contributed by atoms with Crippen molar-refractivity contribution in [1.82, 2.24) is 9.97 Å². The smallest absolute Gasteiger partial charge is 0.240 e. The Morgan fingerprint density at radius 3 is 2.73 bits per heavy atom. The van der Waals surface area contributed by atoms with Crippen LogP contribution in [0.3, 0.4) is 0 Å². The van der Waals surface area contributed by atoms with E-state index in [0.29, 0.717) is 11.2 Å². The van der Waals surface area contributed by atoms with Crippen LogP contribution in [0, 0.1) is 30.1 Å². The van der Waals surface area contributed by atoms with Crippen molar-refractivity contribution >= 4 is 39.9 Å². The fraction of sp³-hybridized carbons (Fsp3) is 0.370. The lowest BCUT2D eigenvalue weighted by Crippen LogP contribution is -2.49. The third-order valence-electron chi connectivity index (χ3n) is 7.92. The number of imide groups is 1. The number of carbonyl (C=O) groups is 2. The van der Waals surface area contributed by atoms with E-state index in [1.54, 1.807) is 38.1 Å². The minimum Gasteiger partial charge on any atom is -0.477 e. The van der Waals surface area contributed by atoms with E-state index in [9.17, 15) is 20.0 Å². The van der Waals surface area contributed by atoms with Gasteiger partial charge in [0.05, 0.1) is 41.4 Å². The van der Waals surface area contributed by atoms with Crippen molar-refractivity contribution < 1.29 is 24.2 Å². The topological polar surface area (TPSA) is 126 Å². The van der Waals surface area contributed by atoms with Gasteiger partial charge in [0.15, 0.2) is 0 Å². The number of rotatable bonds is 5. The molecule has 3 saturated heterocycles. The van der Waals surface area contributed by atoms with E-state index in [1.165, 1.54) is 6.07 Å². The first kappa shape index (κ1) is 23.8. The Morgan fingerprint density at radius 1 is 1.22 bits per heavy atom. The maximum atomic E-state index is 14.0. The van der Waals surface area contributed by atoms with Gasteiger partial charge in [0, 0.05) is 24.3 Å². The van der Waals surface area contributed by atoms with Gasteiger partial charge < -0.3 is 14.6 Å². The van der Waals surface area contributed by atoms with E-state index in [1.807, 2.05) is 12.1 Å². The van der Waals surface area contributed by atoms with E-state index >= 15 is 0 Å². The summed E-state index contributed by atoms with van der Waals surface area (Å²) in [6, 6.07) is 14.3. The Kier molecular flexibility index (Phi) is 5.28. The molecule has 37 heavy (non-hydrogen) atoms. The number of fused-ring (bicyclic) bond motifs is 6. The largest absolute Gasteiger partial charge is 0.477 e. The Balaban J connectivity index is 1.37. The van der Waals surface area contributed by atoms with Gasteiger partial charge >= 0.3 is 0 Å². The molecule has 1 N–H and O–H groups in total. The number of benzene rings is 2. The quantitative estimate of drug-likeness (QED) is 0.402. The van der Waals surface area contributed by atoms with Crippen LogP contribution in [0.5, 0.6) is 5.88 Å². The molecule has 0 aliphatic carbocycles. The zero-order chi connectivity index (χ0) is 26.1. The number of halogens is 1. The number of nitriles is 1. The predicted octanol–water partition coefficient (Wildman–Crippen LogP) is 3.33. The normalized spacial score (nSPS) is 30.1. The molecule has 1 aromatic heterocycles. The lowest BCUT2D eigenvalue weighted by atomic mass is 9.66. The summed E-state index contributed by atoms with van der Waals surface area (Å²) in [5, 5.41) is 22.5. The van der Waals surface area contributed by atoms with Crippen LogP contribution < -0.4 is 9.64 Å². The summed E-state index contributed by atoms with van der Waals surface area (Å²) in [6.07, 6.45) is -0.510. The average Bonchev–Trinajstić information content (AvgIpc) is 3.39. The molecule has 2 aromatic carbocycles. The zero-order valence-corrected chi connectivity index (χ0v) is 20.9. The molecular formula is C27H23ClN4O5. The number of anilines is 1. The lowest BCUT2D eigenvalue weighted by Gasteiger charge is -2.33. The SMILES string of the molecule is Cc1nc(Cl)cc(OCCC23CC(O)C(C)(O2)C2C(=O)N(c4c(C#N)ccc5ccccc45)C(=O)C23)n1.